The van der Waals surface area contributed by atoms with Crippen molar-refractivity contribution in [1.29, 1.82) is 0 Å². The second kappa shape index (κ2) is 4.85. The summed E-state index contributed by atoms with van der Waals surface area (Å²) in [5, 5.41) is 14.0. The van der Waals surface area contributed by atoms with Gasteiger partial charge in [0.1, 0.15) is 0 Å². The molecule has 0 aromatic heterocycles. The number of carboxylic acid groups (broad SMARTS) is 2. The predicted octanol–water partition coefficient (Wildman–Crippen LogP) is -0.401. The molecule has 0 aliphatic heterocycles. The summed E-state index contributed by atoms with van der Waals surface area (Å²) in [5.74, 6) is -4.46. The van der Waals surface area contributed by atoms with E-state index in [1.165, 1.54) is 0 Å². The van der Waals surface area contributed by atoms with E-state index in [1.807, 2.05) is 0 Å². The number of hydrogen-bond acceptors (Lipinski definition) is 5. The first-order chi connectivity index (χ1) is 7.40. The van der Waals surface area contributed by atoms with Gasteiger partial charge in [-0.15, -0.1) is 0 Å². The van der Waals surface area contributed by atoms with Crippen LogP contribution in [0.15, 0.2) is 0 Å². The first-order valence-corrected chi connectivity index (χ1v) is 7.08. The van der Waals surface area contributed by atoms with Gasteiger partial charge in [-0.05, 0) is 6.42 Å². The fourth-order valence-electron chi connectivity index (χ4n) is 1.05. The lowest BCUT2D eigenvalue weighted by Gasteiger charge is -2.27. The normalized spacial score (nSPS) is 16.2. The van der Waals surface area contributed by atoms with E-state index in [1.54, 1.807) is 0 Å². The zero-order valence-electron chi connectivity index (χ0n) is 8.38. The van der Waals surface area contributed by atoms with E-state index in [0.29, 0.717) is 0 Å². The molecule has 1 unspecified atom stereocenters. The molecule has 0 bridgehead atoms. The van der Waals surface area contributed by atoms with Gasteiger partial charge in [0.05, 0.1) is 0 Å². The lowest BCUT2D eigenvalue weighted by molar-refractivity contribution is -0.153. The molecule has 0 rings (SSSR count). The Kier molecular flexibility index (Phi) is 4.63. The summed E-state index contributed by atoms with van der Waals surface area (Å²) in [5.41, 5.74) is 0. The molecule has 0 saturated heterocycles. The molecule has 17 heavy (non-hydrogen) atoms. The molecule has 5 N–H and O–H groups in total. The van der Waals surface area contributed by atoms with Gasteiger partial charge in [-0.25, -0.2) is 8.88 Å². The first-order valence-electron chi connectivity index (χ1n) is 3.97. The molecule has 0 aromatic carbocycles. The lowest BCUT2D eigenvalue weighted by atomic mass is 10.1. The SMILES string of the molecule is CCC(C(=O)O)(C(=O)O)P(=O)(O)OP(=O)(O)O. The number of carboxylic acids is 2. The third-order valence-corrected chi connectivity index (χ3v) is 5.32. The Morgan fingerprint density at radius 1 is 1.12 bits per heavy atom. The minimum atomic E-state index is -5.63. The summed E-state index contributed by atoms with van der Waals surface area (Å²) in [6, 6.07) is 0. The van der Waals surface area contributed by atoms with Gasteiger partial charge >= 0.3 is 27.4 Å². The molecule has 10 nitrogen and oxygen atoms in total. The number of hydrogen-bond donors (Lipinski definition) is 5. The molecule has 0 aromatic rings. The maximum Gasteiger partial charge on any atom is 0.476 e. The van der Waals surface area contributed by atoms with Gasteiger partial charge < -0.3 is 24.9 Å². The smallest absolute Gasteiger partial charge is 0.476 e. The summed E-state index contributed by atoms with van der Waals surface area (Å²) >= 11 is 0. The first kappa shape index (κ1) is 16.2. The largest absolute Gasteiger partial charge is 0.480 e. The quantitative estimate of drug-likeness (QED) is 0.319. The van der Waals surface area contributed by atoms with Crippen molar-refractivity contribution < 1.29 is 47.9 Å². The second-order valence-corrected chi connectivity index (χ2v) is 6.36. The standard InChI is InChI=1S/C5H10O10P2/c1-2-5(3(6)7,4(8)9)16(10,11)15-17(12,13)14/h2H2,1H3,(H,6,7)(H,8,9)(H,10,11)(H2,12,13,14). The van der Waals surface area contributed by atoms with E-state index in [-0.39, 0.29) is 0 Å². The van der Waals surface area contributed by atoms with Gasteiger partial charge in [0.25, 0.3) is 5.16 Å². The molecule has 0 fully saturated rings. The molecule has 12 heteroatoms. The molecule has 0 spiro atoms. The molecule has 0 aliphatic rings. The molecule has 100 valence electrons. The van der Waals surface area contributed by atoms with Gasteiger partial charge in [-0.3, -0.25) is 14.2 Å². The Morgan fingerprint density at radius 2 is 1.47 bits per heavy atom. The average Bonchev–Trinajstić information content (AvgIpc) is 1.97. The van der Waals surface area contributed by atoms with Gasteiger partial charge in [0.15, 0.2) is 0 Å². The van der Waals surface area contributed by atoms with Crippen molar-refractivity contribution in [3.05, 3.63) is 0 Å². The summed E-state index contributed by atoms with van der Waals surface area (Å²) in [7, 11) is -11.1. The van der Waals surface area contributed by atoms with Crippen LogP contribution in [-0.4, -0.2) is 42.0 Å². The molecule has 1 atom stereocenters. The van der Waals surface area contributed by atoms with Crippen molar-refractivity contribution in [1.82, 2.24) is 0 Å². The van der Waals surface area contributed by atoms with E-state index in [0.717, 1.165) is 6.92 Å². The highest BCUT2D eigenvalue weighted by molar-refractivity contribution is 7.66. The van der Waals surface area contributed by atoms with Crippen molar-refractivity contribution in [3.8, 4) is 0 Å². The van der Waals surface area contributed by atoms with Gasteiger partial charge in [-0.1, -0.05) is 6.92 Å². The van der Waals surface area contributed by atoms with Crippen molar-refractivity contribution in [2.45, 2.75) is 18.5 Å². The minimum absolute atomic E-state index is 0.897. The molecule has 0 saturated carbocycles. The van der Waals surface area contributed by atoms with Crippen molar-refractivity contribution in [2.24, 2.45) is 0 Å². The van der Waals surface area contributed by atoms with Crippen LogP contribution in [0.3, 0.4) is 0 Å². The molecule has 0 radical (unpaired) electrons. The maximum atomic E-state index is 11.4. The van der Waals surface area contributed by atoms with E-state index in [2.05, 4.69) is 4.31 Å². The topological polar surface area (TPSA) is 179 Å². The molecule has 0 amide bonds. The van der Waals surface area contributed by atoms with E-state index in [9.17, 15) is 23.6 Å². The van der Waals surface area contributed by atoms with Crippen LogP contribution in [0.5, 0.6) is 0 Å². The highest BCUT2D eigenvalue weighted by Gasteiger charge is 2.63. The number of phosphoric acid groups is 1. The van der Waals surface area contributed by atoms with Crippen LogP contribution in [0.1, 0.15) is 13.3 Å². The lowest BCUT2D eigenvalue weighted by Crippen LogP contribution is -2.46. The third kappa shape index (κ3) is 3.12. The molecular weight excluding hydrogens is 282 g/mol. The van der Waals surface area contributed by atoms with E-state index >= 15 is 0 Å². The predicted molar refractivity (Wildman–Crippen MR) is 51.2 cm³/mol. The van der Waals surface area contributed by atoms with E-state index < -0.39 is 38.9 Å². The summed E-state index contributed by atoms with van der Waals surface area (Å²) < 4.78 is 25.3. The minimum Gasteiger partial charge on any atom is -0.480 e. The van der Waals surface area contributed by atoms with Crippen LogP contribution in [0, 0.1) is 0 Å². The Balaban J connectivity index is 5.79. The number of aliphatic carboxylic acids is 2. The van der Waals surface area contributed by atoms with Crippen LogP contribution in [0.25, 0.3) is 0 Å². The van der Waals surface area contributed by atoms with Crippen LogP contribution in [0.4, 0.5) is 0 Å². The van der Waals surface area contributed by atoms with Gasteiger partial charge in [0, 0.05) is 0 Å². The fraction of sp³-hybridized carbons (Fsp3) is 0.600. The Bertz CT molecular complexity index is 406. The fourth-order valence-corrected chi connectivity index (χ4v) is 3.64. The summed E-state index contributed by atoms with van der Waals surface area (Å²) in [4.78, 5) is 47.4. The second-order valence-electron chi connectivity index (χ2n) is 2.92. The molecule has 0 aliphatic carbocycles. The number of carbonyl (C=O) groups is 2. The van der Waals surface area contributed by atoms with Crippen molar-refractivity contribution in [2.75, 3.05) is 0 Å². The van der Waals surface area contributed by atoms with Crippen molar-refractivity contribution >= 4 is 27.4 Å². The van der Waals surface area contributed by atoms with E-state index in [4.69, 9.17) is 20.0 Å². The van der Waals surface area contributed by atoms with Gasteiger partial charge in [-0.2, -0.15) is 0 Å². The van der Waals surface area contributed by atoms with Crippen LogP contribution in [0.2, 0.25) is 0 Å². The Hall–Kier alpha value is -0.760. The highest BCUT2D eigenvalue weighted by Crippen LogP contribution is 2.65. The number of rotatable bonds is 6. The molecule has 0 heterocycles. The summed E-state index contributed by atoms with van der Waals surface area (Å²) in [6.45, 7) is 0.953. The van der Waals surface area contributed by atoms with Crippen LogP contribution < -0.4 is 0 Å². The van der Waals surface area contributed by atoms with Crippen molar-refractivity contribution in [3.63, 3.8) is 0 Å². The monoisotopic (exact) mass is 292 g/mol. The van der Waals surface area contributed by atoms with Crippen LogP contribution in [-0.2, 0) is 23.0 Å². The Labute approximate surface area is 94.6 Å². The zero-order valence-corrected chi connectivity index (χ0v) is 10.2. The zero-order chi connectivity index (χ0) is 14.1. The average molecular weight is 292 g/mol. The highest BCUT2D eigenvalue weighted by atomic mass is 31.3. The molecular formula is C5H10O10P2. The summed E-state index contributed by atoms with van der Waals surface area (Å²) in [6.07, 6.45) is -0.897. The van der Waals surface area contributed by atoms with Crippen LogP contribution >= 0.6 is 15.4 Å². The van der Waals surface area contributed by atoms with Gasteiger partial charge in [0.2, 0.25) is 0 Å². The Morgan fingerprint density at radius 3 is 1.65 bits per heavy atom. The maximum absolute atomic E-state index is 11.4. The third-order valence-electron chi connectivity index (χ3n) is 1.92.